The summed E-state index contributed by atoms with van der Waals surface area (Å²) in [6.07, 6.45) is -2.82. The zero-order chi connectivity index (χ0) is 22.8. The van der Waals surface area contributed by atoms with Crippen LogP contribution in [0.5, 0.6) is 0 Å². The smallest absolute Gasteiger partial charge is 0.260 e. The van der Waals surface area contributed by atoms with Gasteiger partial charge in [-0.05, 0) is 49.9 Å². The lowest BCUT2D eigenvalue weighted by Crippen LogP contribution is -2.24. The Morgan fingerprint density at radius 2 is 1.77 bits per heavy atom. The van der Waals surface area contributed by atoms with Gasteiger partial charge in [-0.1, -0.05) is 30.7 Å². The highest BCUT2D eigenvalue weighted by atomic mass is 32.2. The molecule has 0 unspecified atom stereocenters. The summed E-state index contributed by atoms with van der Waals surface area (Å²) in [4.78, 5) is 17.0. The minimum absolute atomic E-state index is 0.128. The van der Waals surface area contributed by atoms with E-state index in [0.717, 1.165) is 17.7 Å². The lowest BCUT2D eigenvalue weighted by molar-refractivity contribution is -0.137. The van der Waals surface area contributed by atoms with Gasteiger partial charge in [-0.15, -0.1) is 0 Å². The first kappa shape index (κ1) is 23.0. The third-order valence-corrected chi connectivity index (χ3v) is 5.86. The quantitative estimate of drug-likeness (QED) is 0.552. The Hall–Kier alpha value is -2.72. The summed E-state index contributed by atoms with van der Waals surface area (Å²) in [6, 6.07) is 10.2. The summed E-state index contributed by atoms with van der Waals surface area (Å²) in [5.41, 5.74) is 0.176. The van der Waals surface area contributed by atoms with E-state index < -0.39 is 27.5 Å². The molecule has 2 N–H and O–H groups in total. The summed E-state index contributed by atoms with van der Waals surface area (Å²) in [5, 5.41) is 5.43. The van der Waals surface area contributed by atoms with E-state index in [-0.39, 0.29) is 11.3 Å². The highest BCUT2D eigenvalue weighted by Crippen LogP contribution is 2.32. The molecule has 3 aromatic rings. The number of alkyl halides is 3. The van der Waals surface area contributed by atoms with Crippen LogP contribution in [0.4, 0.5) is 13.2 Å². The van der Waals surface area contributed by atoms with Crippen molar-refractivity contribution in [1.29, 1.82) is 0 Å². The van der Waals surface area contributed by atoms with Crippen LogP contribution >= 0.6 is 0 Å². The molecule has 1 heterocycles. The van der Waals surface area contributed by atoms with Crippen molar-refractivity contribution in [2.75, 3.05) is 5.75 Å². The van der Waals surface area contributed by atoms with E-state index in [4.69, 9.17) is 5.14 Å². The van der Waals surface area contributed by atoms with Crippen LogP contribution in [-0.2, 0) is 22.6 Å². The van der Waals surface area contributed by atoms with E-state index in [1.165, 1.54) is 10.6 Å². The number of aromatic nitrogens is 2. The average molecular weight is 453 g/mol. The highest BCUT2D eigenvalue weighted by Gasteiger charge is 2.31. The molecule has 3 rings (SSSR count). The van der Waals surface area contributed by atoms with Crippen LogP contribution in [0.15, 0.2) is 47.3 Å². The zero-order valence-electron chi connectivity index (χ0n) is 16.8. The first-order chi connectivity index (χ1) is 14.5. The van der Waals surface area contributed by atoms with Gasteiger partial charge in [0.1, 0.15) is 0 Å². The highest BCUT2D eigenvalue weighted by molar-refractivity contribution is 7.89. The summed E-state index contributed by atoms with van der Waals surface area (Å²) in [6.45, 7) is 1.76. The van der Waals surface area contributed by atoms with Crippen molar-refractivity contribution in [1.82, 2.24) is 9.55 Å². The maximum Gasteiger partial charge on any atom is 0.416 e. The van der Waals surface area contributed by atoms with Crippen LogP contribution in [0.2, 0.25) is 0 Å². The van der Waals surface area contributed by atoms with Crippen LogP contribution in [0.25, 0.3) is 16.6 Å². The van der Waals surface area contributed by atoms with E-state index in [2.05, 4.69) is 4.98 Å². The van der Waals surface area contributed by atoms with E-state index in [9.17, 15) is 26.4 Å². The molecule has 0 saturated carbocycles. The van der Waals surface area contributed by atoms with Crippen LogP contribution < -0.4 is 10.8 Å². The van der Waals surface area contributed by atoms with Gasteiger partial charge in [0.2, 0.25) is 10.0 Å². The number of benzene rings is 2. The van der Waals surface area contributed by atoms with Gasteiger partial charge < -0.3 is 0 Å². The normalized spacial score (nSPS) is 12.4. The van der Waals surface area contributed by atoms with Crippen LogP contribution in [0, 0.1) is 6.92 Å². The maximum atomic E-state index is 13.4. The van der Waals surface area contributed by atoms with E-state index in [0.29, 0.717) is 42.5 Å². The molecule has 1 aromatic heterocycles. The Morgan fingerprint density at radius 3 is 2.42 bits per heavy atom. The van der Waals surface area contributed by atoms with Crippen molar-refractivity contribution in [3.8, 4) is 5.69 Å². The molecular formula is C21H22F3N3O3S. The zero-order valence-corrected chi connectivity index (χ0v) is 17.6. The Bertz CT molecular complexity index is 1270. The summed E-state index contributed by atoms with van der Waals surface area (Å²) in [7, 11) is -3.55. The summed E-state index contributed by atoms with van der Waals surface area (Å²) in [5.74, 6) is -0.148. The second-order valence-corrected chi connectivity index (χ2v) is 9.10. The molecule has 166 valence electrons. The minimum Gasteiger partial charge on any atom is -0.260 e. The fraction of sp³-hybridized carbons (Fsp3) is 0.333. The Morgan fingerprint density at radius 1 is 1.06 bits per heavy atom. The van der Waals surface area contributed by atoms with E-state index in [1.54, 1.807) is 31.2 Å². The Balaban J connectivity index is 2.07. The average Bonchev–Trinajstić information content (AvgIpc) is 2.66. The molecule has 0 spiro atoms. The van der Waals surface area contributed by atoms with Gasteiger partial charge >= 0.3 is 11.9 Å². The SMILES string of the molecule is Cc1ccccc1-n1c(=O)nc(CCCCCS(N)(=O)=O)c2ccc(C(F)(F)F)cc21. The first-order valence-corrected chi connectivity index (χ1v) is 11.4. The molecular weight excluding hydrogens is 431 g/mol. The topological polar surface area (TPSA) is 95.0 Å². The van der Waals surface area contributed by atoms with Crippen molar-refractivity contribution in [2.45, 2.75) is 38.8 Å². The van der Waals surface area contributed by atoms with Crippen LogP contribution in [0.1, 0.15) is 36.1 Å². The van der Waals surface area contributed by atoms with Gasteiger partial charge in [0.25, 0.3) is 0 Å². The number of rotatable bonds is 7. The van der Waals surface area contributed by atoms with Crippen LogP contribution in [0.3, 0.4) is 0 Å². The van der Waals surface area contributed by atoms with Gasteiger partial charge in [-0.2, -0.15) is 18.2 Å². The molecule has 0 bridgehead atoms. The predicted molar refractivity (Wildman–Crippen MR) is 113 cm³/mol. The van der Waals surface area contributed by atoms with Gasteiger partial charge in [-0.25, -0.2) is 18.4 Å². The lowest BCUT2D eigenvalue weighted by atomic mass is 10.0. The predicted octanol–water partition coefficient (Wildman–Crippen LogP) is 3.71. The third kappa shape index (κ3) is 5.50. The molecule has 0 atom stereocenters. The number of aryl methyl sites for hydroxylation is 2. The van der Waals surface area contributed by atoms with Gasteiger partial charge in [0.15, 0.2) is 0 Å². The van der Waals surface area contributed by atoms with Gasteiger partial charge in [-0.3, -0.25) is 4.57 Å². The maximum absolute atomic E-state index is 13.4. The fourth-order valence-corrected chi connectivity index (χ4v) is 4.08. The first-order valence-electron chi connectivity index (χ1n) is 9.67. The molecule has 0 saturated heterocycles. The molecule has 10 heteroatoms. The summed E-state index contributed by atoms with van der Waals surface area (Å²) < 4.78 is 63.3. The standard InChI is InChI=1S/C21H22F3N3O3S/c1-14-7-4-5-9-18(14)27-19-13-15(21(22,23)24)10-11-16(19)17(26-20(27)28)8-3-2-6-12-31(25,29)30/h4-5,7,9-11,13H,2-3,6,8,12H2,1H3,(H2,25,29,30). The Kier molecular flexibility index (Phi) is 6.51. The molecule has 0 amide bonds. The number of halogens is 3. The van der Waals surface area contributed by atoms with Crippen molar-refractivity contribution in [3.05, 3.63) is 69.8 Å². The van der Waals surface area contributed by atoms with Gasteiger partial charge in [0.05, 0.1) is 28.2 Å². The molecule has 2 aromatic carbocycles. The third-order valence-electron chi connectivity index (χ3n) is 5.00. The lowest BCUT2D eigenvalue weighted by Gasteiger charge is -2.16. The molecule has 0 aliphatic heterocycles. The number of hydrogen-bond acceptors (Lipinski definition) is 4. The summed E-state index contributed by atoms with van der Waals surface area (Å²) >= 11 is 0. The minimum atomic E-state index is -4.56. The van der Waals surface area contributed by atoms with Crippen LogP contribution in [-0.4, -0.2) is 23.7 Å². The monoisotopic (exact) mass is 453 g/mol. The van der Waals surface area contributed by atoms with Crippen molar-refractivity contribution >= 4 is 20.9 Å². The number of para-hydroxylation sites is 1. The second kappa shape index (κ2) is 8.80. The number of sulfonamides is 1. The number of nitrogens with zero attached hydrogens (tertiary/aromatic N) is 2. The molecule has 0 aliphatic carbocycles. The fourth-order valence-electron chi connectivity index (χ4n) is 3.48. The molecule has 6 nitrogen and oxygen atoms in total. The number of unbranched alkanes of at least 4 members (excludes halogenated alkanes) is 2. The molecule has 0 radical (unpaired) electrons. The number of primary sulfonamides is 1. The number of hydrogen-bond donors (Lipinski definition) is 1. The van der Waals surface area contributed by atoms with E-state index in [1.807, 2.05) is 0 Å². The molecule has 0 aliphatic rings. The van der Waals surface area contributed by atoms with Crippen molar-refractivity contribution in [2.24, 2.45) is 5.14 Å². The van der Waals surface area contributed by atoms with Crippen molar-refractivity contribution < 1.29 is 21.6 Å². The molecule has 31 heavy (non-hydrogen) atoms. The number of nitrogens with two attached hydrogens (primary N) is 1. The largest absolute Gasteiger partial charge is 0.416 e. The number of fused-ring (bicyclic) bond motifs is 1. The molecule has 0 fully saturated rings. The second-order valence-electron chi connectivity index (χ2n) is 7.37. The van der Waals surface area contributed by atoms with Gasteiger partial charge in [0, 0.05) is 5.39 Å². The Labute approximate surface area is 177 Å². The van der Waals surface area contributed by atoms with Crippen molar-refractivity contribution in [3.63, 3.8) is 0 Å². The van der Waals surface area contributed by atoms with E-state index >= 15 is 0 Å².